The molecule has 0 unspecified atom stereocenters. The smallest absolute Gasteiger partial charge is 0.272 e. The Morgan fingerprint density at radius 3 is 2.71 bits per heavy atom. The molecule has 0 spiro atoms. The first-order valence-corrected chi connectivity index (χ1v) is 5.38. The van der Waals surface area contributed by atoms with Crippen molar-refractivity contribution in [2.45, 2.75) is 11.8 Å². The van der Waals surface area contributed by atoms with Gasteiger partial charge in [-0.1, -0.05) is 27.5 Å². The highest BCUT2D eigenvalue weighted by atomic mass is 79.9. The van der Waals surface area contributed by atoms with Crippen LogP contribution in [-0.2, 0) is 5.33 Å². The van der Waals surface area contributed by atoms with Crippen LogP contribution in [0.4, 0.5) is 8.78 Å². The maximum Gasteiger partial charge on any atom is 0.272 e. The van der Waals surface area contributed by atoms with E-state index in [2.05, 4.69) is 15.9 Å². The Morgan fingerprint density at radius 1 is 1.43 bits per heavy atom. The molecular formula is C9H8BrClF2O. The van der Waals surface area contributed by atoms with Crippen molar-refractivity contribution in [2.24, 2.45) is 0 Å². The van der Waals surface area contributed by atoms with E-state index in [1.807, 2.05) is 0 Å². The van der Waals surface area contributed by atoms with Gasteiger partial charge in [-0.15, -0.1) is 0 Å². The molecule has 0 N–H and O–H groups in total. The molecule has 0 bridgehead atoms. The van der Waals surface area contributed by atoms with Gasteiger partial charge >= 0.3 is 0 Å². The van der Waals surface area contributed by atoms with Crippen LogP contribution in [0.25, 0.3) is 0 Å². The molecule has 0 heterocycles. The minimum atomic E-state index is -2.46. The lowest BCUT2D eigenvalue weighted by Crippen LogP contribution is -2.08. The van der Waals surface area contributed by atoms with E-state index < -0.39 is 13.0 Å². The Hall–Kier alpha value is -0.350. The van der Waals surface area contributed by atoms with Gasteiger partial charge in [-0.25, -0.2) is 8.78 Å². The minimum absolute atomic E-state index is 0.437. The van der Waals surface area contributed by atoms with Crippen molar-refractivity contribution < 1.29 is 13.5 Å². The third-order valence-electron chi connectivity index (χ3n) is 1.53. The van der Waals surface area contributed by atoms with Crippen LogP contribution < -0.4 is 4.74 Å². The van der Waals surface area contributed by atoms with Crippen molar-refractivity contribution in [3.63, 3.8) is 0 Å². The third kappa shape index (κ3) is 3.42. The number of hydrogen-bond acceptors (Lipinski definition) is 1. The van der Waals surface area contributed by atoms with Crippen LogP contribution in [0.5, 0.6) is 5.75 Å². The second kappa shape index (κ2) is 5.51. The molecule has 1 aromatic carbocycles. The largest absolute Gasteiger partial charge is 0.487 e. The van der Waals surface area contributed by atoms with Gasteiger partial charge in [0, 0.05) is 15.9 Å². The maximum atomic E-state index is 11.9. The number of halogens is 4. The zero-order valence-electron chi connectivity index (χ0n) is 7.14. The summed E-state index contributed by atoms with van der Waals surface area (Å²) < 4.78 is 28.7. The lowest BCUT2D eigenvalue weighted by atomic mass is 10.2. The Balaban J connectivity index is 2.75. The summed E-state index contributed by atoms with van der Waals surface area (Å²) in [4.78, 5) is 0. The molecule has 0 aromatic heterocycles. The molecule has 0 saturated carbocycles. The molecule has 0 saturated heterocycles. The van der Waals surface area contributed by atoms with Gasteiger partial charge < -0.3 is 4.74 Å². The van der Waals surface area contributed by atoms with Crippen LogP contribution in [0.2, 0.25) is 5.02 Å². The first kappa shape index (κ1) is 11.7. The normalized spacial score (nSPS) is 10.6. The molecule has 78 valence electrons. The molecular weight excluding hydrogens is 277 g/mol. The Kier molecular flexibility index (Phi) is 4.62. The highest BCUT2D eigenvalue weighted by Crippen LogP contribution is 2.25. The molecule has 0 fully saturated rings. The van der Waals surface area contributed by atoms with Gasteiger partial charge in [0.1, 0.15) is 12.4 Å². The van der Waals surface area contributed by atoms with Gasteiger partial charge in [0.25, 0.3) is 6.43 Å². The number of benzene rings is 1. The third-order valence-corrected chi connectivity index (χ3v) is 2.37. The van der Waals surface area contributed by atoms with Gasteiger partial charge in [-0.3, -0.25) is 0 Å². The van der Waals surface area contributed by atoms with Crippen LogP contribution in [0.1, 0.15) is 5.56 Å². The summed E-state index contributed by atoms with van der Waals surface area (Å²) in [7, 11) is 0. The summed E-state index contributed by atoms with van der Waals surface area (Å²) in [6, 6.07) is 4.87. The molecule has 0 atom stereocenters. The van der Waals surface area contributed by atoms with Gasteiger partial charge in [0.05, 0.1) is 0 Å². The molecule has 1 aromatic rings. The topological polar surface area (TPSA) is 9.23 Å². The Morgan fingerprint density at radius 2 is 2.14 bits per heavy atom. The first-order chi connectivity index (χ1) is 6.63. The fraction of sp³-hybridized carbons (Fsp3) is 0.333. The van der Waals surface area contributed by atoms with E-state index >= 15 is 0 Å². The second-order valence-corrected chi connectivity index (χ2v) is 3.58. The number of ether oxygens (including phenoxy) is 1. The van der Waals surface area contributed by atoms with Crippen molar-refractivity contribution >= 4 is 27.5 Å². The average Bonchev–Trinajstić information content (AvgIpc) is 2.15. The van der Waals surface area contributed by atoms with Crippen LogP contribution in [-0.4, -0.2) is 13.0 Å². The van der Waals surface area contributed by atoms with Gasteiger partial charge in [0.15, 0.2) is 0 Å². The fourth-order valence-corrected chi connectivity index (χ4v) is 1.58. The minimum Gasteiger partial charge on any atom is -0.487 e. The molecule has 0 aliphatic heterocycles. The van der Waals surface area contributed by atoms with Crippen LogP contribution in [0.15, 0.2) is 18.2 Å². The van der Waals surface area contributed by atoms with Gasteiger partial charge in [-0.05, 0) is 18.2 Å². The molecule has 5 heteroatoms. The molecule has 14 heavy (non-hydrogen) atoms. The summed E-state index contributed by atoms with van der Waals surface area (Å²) in [5, 5.41) is 1.08. The summed E-state index contributed by atoms with van der Waals surface area (Å²) in [6.45, 7) is -0.596. The highest BCUT2D eigenvalue weighted by molar-refractivity contribution is 9.08. The van der Waals surface area contributed by atoms with Crippen molar-refractivity contribution in [1.29, 1.82) is 0 Å². The molecule has 1 nitrogen and oxygen atoms in total. The van der Waals surface area contributed by atoms with E-state index in [0.29, 0.717) is 16.1 Å². The zero-order chi connectivity index (χ0) is 10.6. The molecule has 1 rings (SSSR count). The van der Waals surface area contributed by atoms with Gasteiger partial charge in [0.2, 0.25) is 0 Å². The molecule has 0 aliphatic rings. The number of rotatable bonds is 4. The SMILES string of the molecule is FC(F)COc1ccc(Cl)cc1CBr. The monoisotopic (exact) mass is 284 g/mol. The predicted molar refractivity (Wildman–Crippen MR) is 55.6 cm³/mol. The number of hydrogen-bond donors (Lipinski definition) is 0. The molecule has 0 aliphatic carbocycles. The summed E-state index contributed by atoms with van der Waals surface area (Å²) in [6.07, 6.45) is -2.46. The summed E-state index contributed by atoms with van der Waals surface area (Å²) in [5.41, 5.74) is 0.762. The van der Waals surface area contributed by atoms with E-state index in [0.717, 1.165) is 5.56 Å². The fourth-order valence-electron chi connectivity index (χ4n) is 0.946. The van der Waals surface area contributed by atoms with Crippen molar-refractivity contribution in [3.05, 3.63) is 28.8 Å². The van der Waals surface area contributed by atoms with E-state index in [-0.39, 0.29) is 0 Å². The van der Waals surface area contributed by atoms with Crippen molar-refractivity contribution in [2.75, 3.05) is 6.61 Å². The maximum absolute atomic E-state index is 11.9. The molecule has 0 amide bonds. The predicted octanol–water partition coefficient (Wildman–Crippen LogP) is 3.88. The lowest BCUT2D eigenvalue weighted by molar-refractivity contribution is 0.0815. The van der Waals surface area contributed by atoms with E-state index in [9.17, 15) is 8.78 Å². The highest BCUT2D eigenvalue weighted by Gasteiger charge is 2.07. The van der Waals surface area contributed by atoms with Crippen molar-refractivity contribution in [1.82, 2.24) is 0 Å². The second-order valence-electron chi connectivity index (χ2n) is 2.59. The molecule has 0 radical (unpaired) electrons. The summed E-state index contributed by atoms with van der Waals surface area (Å²) >= 11 is 8.96. The Labute approximate surface area is 94.1 Å². The van der Waals surface area contributed by atoms with E-state index in [1.54, 1.807) is 18.2 Å². The standard InChI is InChI=1S/C9H8BrClF2O/c10-4-6-3-7(11)1-2-8(6)14-5-9(12)13/h1-3,9H,4-5H2. The Bertz CT molecular complexity index is 307. The van der Waals surface area contributed by atoms with E-state index in [4.69, 9.17) is 16.3 Å². The van der Waals surface area contributed by atoms with Gasteiger partial charge in [-0.2, -0.15) is 0 Å². The average molecular weight is 286 g/mol. The lowest BCUT2D eigenvalue weighted by Gasteiger charge is -2.09. The van der Waals surface area contributed by atoms with Crippen LogP contribution in [0.3, 0.4) is 0 Å². The number of alkyl halides is 3. The zero-order valence-corrected chi connectivity index (χ0v) is 9.49. The van der Waals surface area contributed by atoms with Crippen LogP contribution in [0, 0.1) is 0 Å². The summed E-state index contributed by atoms with van der Waals surface area (Å²) in [5.74, 6) is 0.437. The first-order valence-electron chi connectivity index (χ1n) is 3.89. The van der Waals surface area contributed by atoms with Crippen molar-refractivity contribution in [3.8, 4) is 5.75 Å². The van der Waals surface area contributed by atoms with Crippen LogP contribution >= 0.6 is 27.5 Å². The van der Waals surface area contributed by atoms with E-state index in [1.165, 1.54) is 0 Å². The quantitative estimate of drug-likeness (QED) is 0.763.